The first kappa shape index (κ1) is 15.2. The van der Waals surface area contributed by atoms with Crippen LogP contribution in [0, 0.1) is 0 Å². The van der Waals surface area contributed by atoms with Crippen LogP contribution < -0.4 is 5.32 Å². The Balaban J connectivity index is 1.53. The Morgan fingerprint density at radius 3 is 3.14 bits per heavy atom. The molecular formula is C15H22N2O2S2. The lowest BCUT2D eigenvalue weighted by atomic mass is 10.2. The van der Waals surface area contributed by atoms with E-state index in [4.69, 9.17) is 4.74 Å². The number of thioether (sulfide) groups is 1. The van der Waals surface area contributed by atoms with E-state index in [0.717, 1.165) is 12.8 Å². The smallest absolute Gasteiger partial charge is 0.317 e. The molecule has 21 heavy (non-hydrogen) atoms. The van der Waals surface area contributed by atoms with Crippen LogP contribution in [0.3, 0.4) is 0 Å². The van der Waals surface area contributed by atoms with Gasteiger partial charge >= 0.3 is 6.03 Å². The fourth-order valence-corrected chi connectivity index (χ4v) is 4.59. The van der Waals surface area contributed by atoms with Gasteiger partial charge in [0, 0.05) is 22.7 Å². The summed E-state index contributed by atoms with van der Waals surface area (Å²) in [5, 5.41) is 5.96. The Bertz CT molecular complexity index is 466. The van der Waals surface area contributed by atoms with Crippen molar-refractivity contribution in [2.75, 3.05) is 26.0 Å². The summed E-state index contributed by atoms with van der Waals surface area (Å²) in [6.45, 7) is 1.96. The van der Waals surface area contributed by atoms with E-state index in [2.05, 4.69) is 23.0 Å². The molecule has 0 bridgehead atoms. The highest BCUT2D eigenvalue weighted by atomic mass is 32.2. The fraction of sp³-hybridized carbons (Fsp3) is 0.667. The first-order valence-corrected chi connectivity index (χ1v) is 9.66. The van der Waals surface area contributed by atoms with Gasteiger partial charge in [0.1, 0.15) is 6.10 Å². The van der Waals surface area contributed by atoms with Crippen molar-refractivity contribution in [2.45, 2.75) is 36.7 Å². The lowest BCUT2D eigenvalue weighted by molar-refractivity contribution is -0.0138. The van der Waals surface area contributed by atoms with Crippen molar-refractivity contribution in [1.82, 2.24) is 10.2 Å². The molecule has 0 aromatic carbocycles. The third-order valence-electron chi connectivity index (χ3n) is 4.26. The minimum absolute atomic E-state index is 0.0343. The third kappa shape index (κ3) is 3.73. The number of nitrogens with zero attached hydrogens (tertiary/aromatic N) is 1. The van der Waals surface area contributed by atoms with E-state index in [1.54, 1.807) is 11.3 Å². The number of ether oxygens (including phenoxy) is 1. The van der Waals surface area contributed by atoms with Crippen LogP contribution in [0.25, 0.3) is 0 Å². The predicted octanol–water partition coefficient (Wildman–Crippen LogP) is 3.12. The number of hydrogen-bond acceptors (Lipinski definition) is 4. The zero-order chi connectivity index (χ0) is 14.7. The second kappa shape index (κ2) is 7.03. The summed E-state index contributed by atoms with van der Waals surface area (Å²) in [5.41, 5.74) is 0. The van der Waals surface area contributed by atoms with Crippen LogP contribution >= 0.6 is 23.1 Å². The number of thiophene rings is 1. The SMILES string of the molecule is CS[C@@H]1CC[C@@H](NC(=O)N2CCO[C@H](c3cccs3)C2)C1. The fourth-order valence-electron chi connectivity index (χ4n) is 3.03. The lowest BCUT2D eigenvalue weighted by Crippen LogP contribution is -2.49. The van der Waals surface area contributed by atoms with Gasteiger partial charge in [-0.2, -0.15) is 11.8 Å². The molecule has 6 heteroatoms. The van der Waals surface area contributed by atoms with Crippen molar-refractivity contribution in [3.63, 3.8) is 0 Å². The van der Waals surface area contributed by atoms with E-state index >= 15 is 0 Å². The zero-order valence-electron chi connectivity index (χ0n) is 12.3. The van der Waals surface area contributed by atoms with Crippen molar-refractivity contribution in [2.24, 2.45) is 0 Å². The molecule has 3 rings (SSSR count). The van der Waals surface area contributed by atoms with Crippen molar-refractivity contribution in [3.8, 4) is 0 Å². The first-order valence-electron chi connectivity index (χ1n) is 7.49. The minimum Gasteiger partial charge on any atom is -0.369 e. The van der Waals surface area contributed by atoms with Crippen LogP contribution in [0.2, 0.25) is 0 Å². The second-order valence-corrected chi connectivity index (χ2v) is 7.76. The van der Waals surface area contributed by atoms with E-state index in [0.29, 0.717) is 31.0 Å². The Kier molecular flexibility index (Phi) is 5.08. The number of carbonyl (C=O) groups excluding carboxylic acids is 1. The van der Waals surface area contributed by atoms with Crippen LogP contribution in [-0.4, -0.2) is 48.2 Å². The van der Waals surface area contributed by atoms with Crippen molar-refractivity contribution in [1.29, 1.82) is 0 Å². The maximum Gasteiger partial charge on any atom is 0.317 e. The molecule has 1 aromatic rings. The van der Waals surface area contributed by atoms with Crippen LogP contribution in [0.1, 0.15) is 30.2 Å². The summed E-state index contributed by atoms with van der Waals surface area (Å²) >= 11 is 3.61. The molecule has 1 aromatic heterocycles. The van der Waals surface area contributed by atoms with E-state index < -0.39 is 0 Å². The summed E-state index contributed by atoms with van der Waals surface area (Å²) in [5.74, 6) is 0. The lowest BCUT2D eigenvalue weighted by Gasteiger charge is -2.33. The van der Waals surface area contributed by atoms with Gasteiger partial charge in [0.25, 0.3) is 0 Å². The molecule has 1 aliphatic carbocycles. The molecule has 2 fully saturated rings. The van der Waals surface area contributed by atoms with Crippen molar-refractivity contribution in [3.05, 3.63) is 22.4 Å². The molecule has 1 aliphatic heterocycles. The maximum absolute atomic E-state index is 12.4. The van der Waals surface area contributed by atoms with E-state index in [-0.39, 0.29) is 12.1 Å². The molecule has 0 unspecified atom stereocenters. The molecule has 0 spiro atoms. The topological polar surface area (TPSA) is 41.6 Å². The molecule has 0 radical (unpaired) electrons. The van der Waals surface area contributed by atoms with E-state index in [1.165, 1.54) is 11.3 Å². The van der Waals surface area contributed by atoms with Gasteiger partial charge in [-0.3, -0.25) is 0 Å². The monoisotopic (exact) mass is 326 g/mol. The van der Waals surface area contributed by atoms with Gasteiger partial charge in [-0.1, -0.05) is 6.07 Å². The predicted molar refractivity (Wildman–Crippen MR) is 88.1 cm³/mol. The number of carbonyl (C=O) groups is 1. The Morgan fingerprint density at radius 2 is 2.43 bits per heavy atom. The minimum atomic E-state index is 0.0343. The molecule has 2 aliphatic rings. The van der Waals surface area contributed by atoms with Gasteiger partial charge < -0.3 is 15.0 Å². The number of urea groups is 1. The van der Waals surface area contributed by atoms with Crippen LogP contribution in [-0.2, 0) is 4.74 Å². The highest BCUT2D eigenvalue weighted by Crippen LogP contribution is 2.29. The molecule has 3 atom stereocenters. The van der Waals surface area contributed by atoms with Gasteiger partial charge in [-0.25, -0.2) is 4.79 Å². The highest BCUT2D eigenvalue weighted by Gasteiger charge is 2.30. The highest BCUT2D eigenvalue weighted by molar-refractivity contribution is 7.99. The molecule has 1 saturated heterocycles. The van der Waals surface area contributed by atoms with Gasteiger partial charge in [0.15, 0.2) is 0 Å². The molecule has 1 N–H and O–H groups in total. The van der Waals surface area contributed by atoms with Crippen molar-refractivity contribution < 1.29 is 9.53 Å². The van der Waals surface area contributed by atoms with Crippen LogP contribution in [0.4, 0.5) is 4.79 Å². The standard InChI is InChI=1S/C15H22N2O2S2/c1-20-12-5-4-11(9-12)16-15(18)17-6-7-19-13(10-17)14-3-2-8-21-14/h2-3,8,11-13H,4-7,9-10H2,1H3,(H,16,18)/t11-,12-,13+/m1/s1. The van der Waals surface area contributed by atoms with E-state index in [1.807, 2.05) is 22.7 Å². The summed E-state index contributed by atoms with van der Waals surface area (Å²) in [4.78, 5) is 15.5. The summed E-state index contributed by atoms with van der Waals surface area (Å²) < 4.78 is 5.79. The van der Waals surface area contributed by atoms with Gasteiger partial charge in [0.2, 0.25) is 0 Å². The summed E-state index contributed by atoms with van der Waals surface area (Å²) in [6.07, 6.45) is 5.61. The van der Waals surface area contributed by atoms with Gasteiger partial charge in [0.05, 0.1) is 13.2 Å². The largest absolute Gasteiger partial charge is 0.369 e. The summed E-state index contributed by atoms with van der Waals surface area (Å²) in [6, 6.07) is 4.53. The Hall–Kier alpha value is -0.720. The Labute approximate surface area is 134 Å². The molecule has 2 amide bonds. The normalized spacial score (nSPS) is 29.6. The van der Waals surface area contributed by atoms with Gasteiger partial charge in [-0.05, 0) is 37.0 Å². The molecule has 116 valence electrons. The average molecular weight is 326 g/mol. The van der Waals surface area contributed by atoms with Crippen molar-refractivity contribution >= 4 is 29.1 Å². The number of morpholine rings is 1. The number of amides is 2. The van der Waals surface area contributed by atoms with Crippen LogP contribution in [0.5, 0.6) is 0 Å². The average Bonchev–Trinajstić information content (AvgIpc) is 3.18. The number of hydrogen-bond donors (Lipinski definition) is 1. The molecule has 4 nitrogen and oxygen atoms in total. The maximum atomic E-state index is 12.4. The Morgan fingerprint density at radius 1 is 1.52 bits per heavy atom. The third-order valence-corrected chi connectivity index (χ3v) is 6.32. The van der Waals surface area contributed by atoms with E-state index in [9.17, 15) is 4.79 Å². The molecule has 2 heterocycles. The first-order chi connectivity index (χ1) is 10.3. The second-order valence-electron chi connectivity index (χ2n) is 5.64. The zero-order valence-corrected chi connectivity index (χ0v) is 13.9. The number of rotatable bonds is 3. The number of nitrogens with one attached hydrogen (secondary N) is 1. The van der Waals surface area contributed by atoms with Crippen LogP contribution in [0.15, 0.2) is 17.5 Å². The molecule has 1 saturated carbocycles. The summed E-state index contributed by atoms with van der Waals surface area (Å²) in [7, 11) is 0. The molecular weight excluding hydrogens is 304 g/mol. The quantitative estimate of drug-likeness (QED) is 0.928. The van der Waals surface area contributed by atoms with Gasteiger partial charge in [-0.15, -0.1) is 11.3 Å².